The molecule has 5 nitrogen and oxygen atoms in total. The van der Waals surface area contributed by atoms with Gasteiger partial charge in [-0.1, -0.05) is 37.3 Å². The topological polar surface area (TPSA) is 76.5 Å². The number of rotatable bonds is 8. The van der Waals surface area contributed by atoms with Gasteiger partial charge < -0.3 is 9.84 Å². The number of fused-ring (bicyclic) bond motifs is 1. The van der Waals surface area contributed by atoms with Crippen LogP contribution in [0.25, 0.3) is 10.9 Å². The molecule has 1 heterocycles. The van der Waals surface area contributed by atoms with Crippen molar-refractivity contribution >= 4 is 22.7 Å². The normalized spacial score (nSPS) is 14.8. The second kappa shape index (κ2) is 8.62. The molecule has 172 valence electrons. The number of benzene rings is 2. The molecule has 33 heavy (non-hydrogen) atoms. The standard InChI is InChI=1S/C28H31NO4/c1-16(21-12-17(2)26(18(3)13-21)33-28(4,5)27(31)32)14-24(30)22-15-20-8-6-7-9-23(20)29-25(22)19-10-11-19/h6-9,12-13,15-16,19H,10-11,14H2,1-5H3,(H,31,32). The molecule has 0 bridgehead atoms. The van der Waals surface area contributed by atoms with E-state index in [1.54, 1.807) is 13.8 Å². The van der Waals surface area contributed by atoms with Gasteiger partial charge in [0.15, 0.2) is 11.4 Å². The Morgan fingerprint density at radius 1 is 1.12 bits per heavy atom. The minimum atomic E-state index is -1.32. The molecule has 1 aliphatic carbocycles. The number of carbonyl (C=O) groups excluding carboxylic acids is 1. The Morgan fingerprint density at radius 2 is 1.76 bits per heavy atom. The summed E-state index contributed by atoms with van der Waals surface area (Å²) in [5.74, 6) is 0.0851. The molecule has 0 spiro atoms. The second-order valence-corrected chi connectivity index (χ2v) is 9.82. The lowest BCUT2D eigenvalue weighted by molar-refractivity contribution is -0.152. The van der Waals surface area contributed by atoms with Gasteiger partial charge in [0.25, 0.3) is 0 Å². The maximum absolute atomic E-state index is 13.4. The predicted molar refractivity (Wildman–Crippen MR) is 129 cm³/mol. The van der Waals surface area contributed by atoms with Crippen molar-refractivity contribution in [1.82, 2.24) is 4.98 Å². The highest BCUT2D eigenvalue weighted by molar-refractivity contribution is 6.00. The average Bonchev–Trinajstić information content (AvgIpc) is 3.60. The highest BCUT2D eigenvalue weighted by Crippen LogP contribution is 2.42. The number of aromatic nitrogens is 1. The quantitative estimate of drug-likeness (QED) is 0.409. The van der Waals surface area contributed by atoms with E-state index in [-0.39, 0.29) is 11.7 Å². The Hall–Kier alpha value is -3.21. The van der Waals surface area contributed by atoms with Gasteiger partial charge in [0.2, 0.25) is 0 Å². The first-order valence-corrected chi connectivity index (χ1v) is 11.5. The maximum atomic E-state index is 13.4. The highest BCUT2D eigenvalue weighted by Gasteiger charge is 2.32. The number of hydrogen-bond acceptors (Lipinski definition) is 4. The Balaban J connectivity index is 1.59. The molecule has 0 saturated heterocycles. The van der Waals surface area contributed by atoms with Crippen LogP contribution in [0, 0.1) is 13.8 Å². The fourth-order valence-corrected chi connectivity index (χ4v) is 4.26. The van der Waals surface area contributed by atoms with Crippen LogP contribution in [0.4, 0.5) is 0 Å². The number of hydrogen-bond donors (Lipinski definition) is 1. The number of aliphatic carboxylic acids is 1. The summed E-state index contributed by atoms with van der Waals surface area (Å²) in [7, 11) is 0. The number of pyridine rings is 1. The highest BCUT2D eigenvalue weighted by atomic mass is 16.5. The molecule has 3 aromatic rings. The van der Waals surface area contributed by atoms with Crippen molar-refractivity contribution in [3.8, 4) is 5.75 Å². The van der Waals surface area contributed by atoms with Crippen LogP contribution in [0.5, 0.6) is 5.75 Å². The molecule has 0 radical (unpaired) electrons. The molecule has 4 rings (SSSR count). The molecule has 1 saturated carbocycles. The fraction of sp³-hybridized carbons (Fsp3) is 0.393. The van der Waals surface area contributed by atoms with E-state index in [9.17, 15) is 14.7 Å². The fourth-order valence-electron chi connectivity index (χ4n) is 4.26. The van der Waals surface area contributed by atoms with Crippen LogP contribution in [0.1, 0.15) is 84.6 Å². The van der Waals surface area contributed by atoms with Crippen LogP contribution in [-0.4, -0.2) is 27.4 Å². The smallest absolute Gasteiger partial charge is 0.347 e. The van der Waals surface area contributed by atoms with Crippen molar-refractivity contribution in [2.75, 3.05) is 0 Å². The number of Topliss-reactive ketones (excluding diaryl/α,β-unsaturated/α-hetero) is 1. The van der Waals surface area contributed by atoms with Crippen LogP contribution >= 0.6 is 0 Å². The number of carbonyl (C=O) groups is 2. The molecule has 1 unspecified atom stereocenters. The lowest BCUT2D eigenvalue weighted by Gasteiger charge is -2.25. The van der Waals surface area contributed by atoms with Gasteiger partial charge in [-0.2, -0.15) is 0 Å². The number of ether oxygens (including phenoxy) is 1. The van der Waals surface area contributed by atoms with Crippen LogP contribution < -0.4 is 4.74 Å². The molecule has 1 atom stereocenters. The number of para-hydroxylation sites is 1. The molecular weight excluding hydrogens is 414 g/mol. The molecule has 5 heteroatoms. The third-order valence-corrected chi connectivity index (χ3v) is 6.43. The van der Waals surface area contributed by atoms with E-state index >= 15 is 0 Å². The molecule has 1 aliphatic rings. The minimum Gasteiger partial charge on any atom is -0.478 e. The maximum Gasteiger partial charge on any atom is 0.347 e. The zero-order valence-corrected chi connectivity index (χ0v) is 19.9. The van der Waals surface area contributed by atoms with Crippen molar-refractivity contribution in [2.45, 2.75) is 71.3 Å². The average molecular weight is 446 g/mol. The van der Waals surface area contributed by atoms with Gasteiger partial charge in [0, 0.05) is 23.3 Å². The summed E-state index contributed by atoms with van der Waals surface area (Å²) in [5, 5.41) is 10.4. The molecule has 1 fully saturated rings. The lowest BCUT2D eigenvalue weighted by Crippen LogP contribution is -2.38. The number of ketones is 1. The lowest BCUT2D eigenvalue weighted by atomic mass is 9.89. The van der Waals surface area contributed by atoms with Gasteiger partial charge in [-0.25, -0.2) is 4.79 Å². The summed E-state index contributed by atoms with van der Waals surface area (Å²) in [6, 6.07) is 14.0. The van der Waals surface area contributed by atoms with Crippen molar-refractivity contribution < 1.29 is 19.4 Å². The number of carboxylic acid groups (broad SMARTS) is 1. The van der Waals surface area contributed by atoms with Crippen LogP contribution in [-0.2, 0) is 4.79 Å². The van der Waals surface area contributed by atoms with E-state index in [4.69, 9.17) is 9.72 Å². The number of aryl methyl sites for hydroxylation is 2. The van der Waals surface area contributed by atoms with Crippen LogP contribution in [0.3, 0.4) is 0 Å². The third kappa shape index (κ3) is 4.77. The Morgan fingerprint density at radius 3 is 2.36 bits per heavy atom. The molecule has 0 aliphatic heterocycles. The first-order chi connectivity index (χ1) is 15.6. The van der Waals surface area contributed by atoms with Gasteiger partial charge in [-0.15, -0.1) is 0 Å². The summed E-state index contributed by atoms with van der Waals surface area (Å²) in [6.07, 6.45) is 2.57. The van der Waals surface area contributed by atoms with Crippen molar-refractivity contribution in [2.24, 2.45) is 0 Å². The van der Waals surface area contributed by atoms with Gasteiger partial charge in [0.05, 0.1) is 11.2 Å². The van der Waals surface area contributed by atoms with Gasteiger partial charge in [0.1, 0.15) is 5.75 Å². The van der Waals surface area contributed by atoms with E-state index in [1.165, 1.54) is 0 Å². The van der Waals surface area contributed by atoms with Gasteiger partial charge >= 0.3 is 5.97 Å². The predicted octanol–water partition coefficient (Wildman–Crippen LogP) is 6.35. The van der Waals surface area contributed by atoms with Gasteiger partial charge in [-0.05, 0) is 75.3 Å². The van der Waals surface area contributed by atoms with E-state index in [1.807, 2.05) is 56.3 Å². The molecule has 0 amide bonds. The largest absolute Gasteiger partial charge is 0.478 e. The van der Waals surface area contributed by atoms with E-state index in [2.05, 4.69) is 6.92 Å². The summed E-state index contributed by atoms with van der Waals surface area (Å²) in [5.41, 5.74) is 4.09. The van der Waals surface area contributed by atoms with Crippen LogP contribution in [0.15, 0.2) is 42.5 Å². The third-order valence-electron chi connectivity index (χ3n) is 6.43. The Bertz CT molecular complexity index is 1220. The summed E-state index contributed by atoms with van der Waals surface area (Å²) in [6.45, 7) is 8.96. The summed E-state index contributed by atoms with van der Waals surface area (Å²) < 4.78 is 5.83. The Labute approximate surface area is 194 Å². The first-order valence-electron chi connectivity index (χ1n) is 11.5. The van der Waals surface area contributed by atoms with Crippen molar-refractivity contribution in [3.63, 3.8) is 0 Å². The zero-order chi connectivity index (χ0) is 23.9. The molecular formula is C28H31NO4. The van der Waals surface area contributed by atoms with E-state index in [0.29, 0.717) is 18.1 Å². The molecule has 2 aromatic carbocycles. The summed E-state index contributed by atoms with van der Waals surface area (Å²) >= 11 is 0. The number of carboxylic acids is 1. The number of nitrogens with zero attached hydrogens (tertiary/aromatic N) is 1. The molecule has 1 N–H and O–H groups in total. The van der Waals surface area contributed by atoms with Crippen molar-refractivity contribution in [1.29, 1.82) is 0 Å². The zero-order valence-electron chi connectivity index (χ0n) is 19.9. The van der Waals surface area contributed by atoms with E-state index < -0.39 is 11.6 Å². The SMILES string of the molecule is Cc1cc(C(C)CC(=O)c2cc3ccccc3nc2C2CC2)cc(C)c1OC(C)(C)C(=O)O. The summed E-state index contributed by atoms with van der Waals surface area (Å²) in [4.78, 5) is 29.7. The molecule has 1 aromatic heterocycles. The van der Waals surface area contributed by atoms with Crippen molar-refractivity contribution in [3.05, 3.63) is 70.4 Å². The Kier molecular flexibility index (Phi) is 6.00. The van der Waals surface area contributed by atoms with Crippen LogP contribution in [0.2, 0.25) is 0 Å². The monoisotopic (exact) mass is 445 g/mol. The first kappa shape index (κ1) is 23.0. The minimum absolute atomic E-state index is 0.00922. The second-order valence-electron chi connectivity index (χ2n) is 9.82. The van der Waals surface area contributed by atoms with Gasteiger partial charge in [-0.3, -0.25) is 9.78 Å². The van der Waals surface area contributed by atoms with E-state index in [0.717, 1.165) is 51.7 Å².